The van der Waals surface area contributed by atoms with Crippen LogP contribution in [0.4, 0.5) is 11.5 Å². The largest absolute Gasteiger partial charge is 0.321 e. The van der Waals surface area contributed by atoms with E-state index in [2.05, 4.69) is 36.6 Å². The molecule has 4 aromatic rings. The van der Waals surface area contributed by atoms with Gasteiger partial charge >= 0.3 is 0 Å². The van der Waals surface area contributed by atoms with E-state index in [1.54, 1.807) is 47.3 Å². The number of pyridine rings is 1. The van der Waals surface area contributed by atoms with Crippen LogP contribution in [0.1, 0.15) is 25.7 Å². The lowest BCUT2D eigenvalue weighted by molar-refractivity contribution is 0.101. The van der Waals surface area contributed by atoms with Crippen molar-refractivity contribution >= 4 is 60.8 Å². The van der Waals surface area contributed by atoms with E-state index >= 15 is 0 Å². The summed E-state index contributed by atoms with van der Waals surface area (Å²) >= 11 is 4.69. The van der Waals surface area contributed by atoms with Crippen LogP contribution in [-0.2, 0) is 7.05 Å². The van der Waals surface area contributed by atoms with E-state index in [1.807, 2.05) is 20.0 Å². The maximum absolute atomic E-state index is 12.7. The summed E-state index contributed by atoms with van der Waals surface area (Å²) in [5.74, 6) is -0.0842. The second-order valence-corrected chi connectivity index (χ2v) is 8.34. The first-order valence-corrected chi connectivity index (χ1v) is 10.3. The number of benzene rings is 1. The van der Waals surface area contributed by atoms with Gasteiger partial charge in [-0.2, -0.15) is 5.10 Å². The first-order valence-electron chi connectivity index (χ1n) is 8.68. The van der Waals surface area contributed by atoms with E-state index in [-0.39, 0.29) is 11.8 Å². The number of anilines is 2. The minimum Gasteiger partial charge on any atom is -0.321 e. The van der Waals surface area contributed by atoms with E-state index in [0.717, 1.165) is 20.4 Å². The Morgan fingerprint density at radius 2 is 1.93 bits per heavy atom. The number of fused-ring (bicyclic) bond motifs is 1. The standard InChI is InChI=1S/C20H16BrN5O2S/c1-11-15-9-16(29-20(15)26(2)25-11)19(28)23-14-5-3-4-12(8-14)18(27)24-17-7-6-13(21)10-22-17/h3-10H,1-2H3,(H,23,28)(H,22,24,27). The number of aryl methyl sites for hydroxylation is 2. The van der Waals surface area contributed by atoms with Crippen LogP contribution >= 0.6 is 27.3 Å². The molecule has 0 aliphatic rings. The first kappa shape index (κ1) is 19.3. The number of hydrogen-bond donors (Lipinski definition) is 2. The lowest BCUT2D eigenvalue weighted by atomic mass is 10.2. The van der Waals surface area contributed by atoms with E-state index in [0.29, 0.717) is 21.9 Å². The molecule has 0 bridgehead atoms. The summed E-state index contributed by atoms with van der Waals surface area (Å²) in [6.45, 7) is 1.92. The Bertz CT molecular complexity index is 1200. The maximum Gasteiger partial charge on any atom is 0.265 e. The molecule has 1 aromatic carbocycles. The highest BCUT2D eigenvalue weighted by atomic mass is 79.9. The molecule has 0 saturated heterocycles. The molecule has 0 fully saturated rings. The summed E-state index contributed by atoms with van der Waals surface area (Å²) in [7, 11) is 1.86. The van der Waals surface area contributed by atoms with Gasteiger partial charge in [0.1, 0.15) is 10.6 Å². The predicted octanol–water partition coefficient (Wildman–Crippen LogP) is 4.61. The summed E-state index contributed by atoms with van der Waals surface area (Å²) in [4.78, 5) is 30.8. The van der Waals surface area contributed by atoms with Crippen LogP contribution in [0.5, 0.6) is 0 Å². The number of hydrogen-bond acceptors (Lipinski definition) is 5. The van der Waals surface area contributed by atoms with Crippen molar-refractivity contribution in [2.24, 2.45) is 7.05 Å². The fraction of sp³-hybridized carbons (Fsp3) is 0.100. The van der Waals surface area contributed by atoms with E-state index in [4.69, 9.17) is 0 Å². The molecule has 0 unspecified atom stereocenters. The minimum atomic E-state index is -0.306. The van der Waals surface area contributed by atoms with Gasteiger partial charge in [0.15, 0.2) is 0 Å². The van der Waals surface area contributed by atoms with Crippen molar-refractivity contribution in [2.45, 2.75) is 6.92 Å². The van der Waals surface area contributed by atoms with Gasteiger partial charge in [0, 0.05) is 34.4 Å². The summed E-state index contributed by atoms with van der Waals surface area (Å²) in [6.07, 6.45) is 1.61. The molecule has 0 aliphatic heterocycles. The highest BCUT2D eigenvalue weighted by Gasteiger charge is 2.16. The monoisotopic (exact) mass is 469 g/mol. The zero-order chi connectivity index (χ0) is 20.5. The highest BCUT2D eigenvalue weighted by Crippen LogP contribution is 2.28. The van der Waals surface area contributed by atoms with Crippen LogP contribution in [0.2, 0.25) is 0 Å². The number of nitrogens with one attached hydrogen (secondary N) is 2. The zero-order valence-corrected chi connectivity index (χ0v) is 18.0. The van der Waals surface area contributed by atoms with E-state index in [9.17, 15) is 9.59 Å². The number of halogens is 1. The predicted molar refractivity (Wildman–Crippen MR) is 118 cm³/mol. The molecule has 0 atom stereocenters. The van der Waals surface area contributed by atoms with E-state index in [1.165, 1.54) is 11.3 Å². The molecule has 3 aromatic heterocycles. The number of nitrogens with zero attached hydrogens (tertiary/aromatic N) is 3. The Kier molecular flexibility index (Phi) is 5.16. The normalized spacial score (nSPS) is 10.9. The molecule has 2 amide bonds. The van der Waals surface area contributed by atoms with Gasteiger partial charge in [-0.3, -0.25) is 14.3 Å². The van der Waals surface area contributed by atoms with E-state index < -0.39 is 0 Å². The number of carbonyl (C=O) groups excluding carboxylic acids is 2. The summed E-state index contributed by atoms with van der Waals surface area (Å²) in [6, 6.07) is 12.1. The molecule has 9 heteroatoms. The lowest BCUT2D eigenvalue weighted by Gasteiger charge is -2.07. The molecular formula is C20H16BrN5O2S. The van der Waals surface area contributed by atoms with Crippen molar-refractivity contribution in [1.29, 1.82) is 0 Å². The Labute approximate surface area is 178 Å². The molecule has 3 heterocycles. The van der Waals surface area contributed by atoms with Crippen LogP contribution in [0.3, 0.4) is 0 Å². The second kappa shape index (κ2) is 7.76. The fourth-order valence-electron chi connectivity index (χ4n) is 2.89. The quantitative estimate of drug-likeness (QED) is 0.456. The Morgan fingerprint density at radius 3 is 2.66 bits per heavy atom. The van der Waals surface area contributed by atoms with Crippen molar-refractivity contribution in [3.63, 3.8) is 0 Å². The highest BCUT2D eigenvalue weighted by molar-refractivity contribution is 9.10. The van der Waals surface area contributed by atoms with Crippen LogP contribution in [0.25, 0.3) is 10.2 Å². The number of rotatable bonds is 4. The van der Waals surface area contributed by atoms with Gasteiger partial charge in [-0.25, -0.2) is 4.98 Å². The van der Waals surface area contributed by atoms with Crippen LogP contribution in [0, 0.1) is 6.92 Å². The third kappa shape index (κ3) is 4.06. The van der Waals surface area contributed by atoms with Gasteiger partial charge < -0.3 is 10.6 Å². The number of carbonyl (C=O) groups is 2. The van der Waals surface area contributed by atoms with Gasteiger partial charge in [0.05, 0.1) is 10.6 Å². The molecule has 7 nitrogen and oxygen atoms in total. The molecule has 0 saturated carbocycles. The van der Waals surface area contributed by atoms with Crippen molar-refractivity contribution in [1.82, 2.24) is 14.8 Å². The molecule has 2 N–H and O–H groups in total. The van der Waals surface area contributed by atoms with Gasteiger partial charge in [-0.15, -0.1) is 11.3 Å². The Morgan fingerprint density at radius 1 is 1.10 bits per heavy atom. The molecule has 0 aliphatic carbocycles. The van der Waals surface area contributed by atoms with Gasteiger partial charge in [-0.05, 0) is 59.3 Å². The number of thiophene rings is 1. The van der Waals surface area contributed by atoms with Crippen molar-refractivity contribution in [3.8, 4) is 0 Å². The summed E-state index contributed by atoms with van der Waals surface area (Å²) in [5.41, 5.74) is 1.85. The summed E-state index contributed by atoms with van der Waals surface area (Å²) in [5, 5.41) is 10.9. The molecular weight excluding hydrogens is 454 g/mol. The Balaban J connectivity index is 1.50. The number of amides is 2. The second-order valence-electron chi connectivity index (χ2n) is 6.39. The topological polar surface area (TPSA) is 88.9 Å². The summed E-state index contributed by atoms with van der Waals surface area (Å²) < 4.78 is 2.60. The van der Waals surface area contributed by atoms with Crippen molar-refractivity contribution in [3.05, 3.63) is 69.3 Å². The third-order valence-electron chi connectivity index (χ3n) is 4.27. The molecule has 4 rings (SSSR count). The zero-order valence-electron chi connectivity index (χ0n) is 15.6. The average Bonchev–Trinajstić information content (AvgIpc) is 3.25. The van der Waals surface area contributed by atoms with Gasteiger partial charge in [0.25, 0.3) is 11.8 Å². The average molecular weight is 470 g/mol. The third-order valence-corrected chi connectivity index (χ3v) is 5.94. The lowest BCUT2D eigenvalue weighted by Crippen LogP contribution is -2.14. The van der Waals surface area contributed by atoms with Gasteiger partial charge in [-0.1, -0.05) is 6.07 Å². The van der Waals surface area contributed by atoms with Crippen LogP contribution < -0.4 is 10.6 Å². The minimum absolute atomic E-state index is 0.224. The smallest absolute Gasteiger partial charge is 0.265 e. The molecule has 0 radical (unpaired) electrons. The van der Waals surface area contributed by atoms with Crippen LogP contribution in [-0.4, -0.2) is 26.6 Å². The van der Waals surface area contributed by atoms with Crippen LogP contribution in [0.15, 0.2) is 53.1 Å². The Hall–Kier alpha value is -3.04. The first-order chi connectivity index (χ1) is 13.9. The SMILES string of the molecule is Cc1nn(C)c2sc(C(=O)Nc3cccc(C(=O)Nc4ccc(Br)cn4)c3)cc12. The van der Waals surface area contributed by atoms with Crippen molar-refractivity contribution in [2.75, 3.05) is 10.6 Å². The molecule has 0 spiro atoms. The molecule has 146 valence electrons. The number of aromatic nitrogens is 3. The molecule has 29 heavy (non-hydrogen) atoms. The van der Waals surface area contributed by atoms with Crippen molar-refractivity contribution < 1.29 is 9.59 Å². The fourth-order valence-corrected chi connectivity index (χ4v) is 4.14. The maximum atomic E-state index is 12.7. The van der Waals surface area contributed by atoms with Gasteiger partial charge in [0.2, 0.25) is 0 Å².